The van der Waals surface area contributed by atoms with Gasteiger partial charge in [-0.25, -0.2) is 4.99 Å². The highest BCUT2D eigenvalue weighted by atomic mass is 127. The van der Waals surface area contributed by atoms with Gasteiger partial charge in [-0.1, -0.05) is 6.07 Å². The van der Waals surface area contributed by atoms with Crippen molar-refractivity contribution in [2.75, 3.05) is 46.6 Å². The second-order valence-electron chi connectivity index (χ2n) is 6.60. The number of nitrogens with one attached hydrogen (secondary N) is 2. The molecular weight excluding hydrogens is 485 g/mol. The van der Waals surface area contributed by atoms with Crippen molar-refractivity contribution in [2.24, 2.45) is 4.99 Å². The number of nitrogens with zero attached hydrogens (tertiary/aromatic N) is 1. The van der Waals surface area contributed by atoms with Gasteiger partial charge in [0.1, 0.15) is 0 Å². The average Bonchev–Trinajstić information content (AvgIpc) is 3.22. The highest BCUT2D eigenvalue weighted by molar-refractivity contribution is 14.0. The van der Waals surface area contributed by atoms with E-state index in [0.717, 1.165) is 68.6 Å². The number of guanidine groups is 1. The lowest BCUT2D eigenvalue weighted by Gasteiger charge is -2.13. The summed E-state index contributed by atoms with van der Waals surface area (Å²) >= 11 is 0. The van der Waals surface area contributed by atoms with E-state index >= 15 is 0 Å². The molecule has 166 valence electrons. The summed E-state index contributed by atoms with van der Waals surface area (Å²) in [6, 6.07) is 5.91. The zero-order valence-corrected chi connectivity index (χ0v) is 20.2. The number of aliphatic imine (C=N–C) groups is 1. The van der Waals surface area contributed by atoms with E-state index < -0.39 is 0 Å². The summed E-state index contributed by atoms with van der Waals surface area (Å²) < 4.78 is 22.2. The minimum atomic E-state index is 0. The molecule has 8 heteroatoms. The molecule has 1 unspecified atom stereocenters. The number of halogens is 1. The van der Waals surface area contributed by atoms with Gasteiger partial charge >= 0.3 is 0 Å². The zero-order chi connectivity index (χ0) is 20.0. The molecule has 2 N–H and O–H groups in total. The van der Waals surface area contributed by atoms with Gasteiger partial charge in [0.15, 0.2) is 17.5 Å². The summed E-state index contributed by atoms with van der Waals surface area (Å²) in [5.41, 5.74) is 1.07. The van der Waals surface area contributed by atoms with Crippen LogP contribution in [0.4, 0.5) is 0 Å². The second-order valence-corrected chi connectivity index (χ2v) is 6.60. The summed E-state index contributed by atoms with van der Waals surface area (Å²) in [6.45, 7) is 9.11. The van der Waals surface area contributed by atoms with Crippen LogP contribution in [0.3, 0.4) is 0 Å². The smallest absolute Gasteiger partial charge is 0.191 e. The van der Waals surface area contributed by atoms with Crippen LogP contribution in [0.5, 0.6) is 11.5 Å². The van der Waals surface area contributed by atoms with Gasteiger partial charge in [-0.05, 0) is 50.8 Å². The molecule has 0 aromatic heterocycles. The lowest BCUT2D eigenvalue weighted by molar-refractivity contribution is 0.0168. The van der Waals surface area contributed by atoms with Crippen molar-refractivity contribution in [3.05, 3.63) is 23.8 Å². The van der Waals surface area contributed by atoms with Crippen molar-refractivity contribution in [1.29, 1.82) is 0 Å². The second kappa shape index (κ2) is 15.6. The van der Waals surface area contributed by atoms with Gasteiger partial charge in [0.2, 0.25) is 0 Å². The molecule has 2 rings (SSSR count). The number of rotatable bonds is 12. The van der Waals surface area contributed by atoms with Crippen molar-refractivity contribution in [3.63, 3.8) is 0 Å². The Kier molecular flexibility index (Phi) is 13.8. The van der Waals surface area contributed by atoms with Crippen LogP contribution in [0, 0.1) is 0 Å². The van der Waals surface area contributed by atoms with Crippen molar-refractivity contribution >= 4 is 29.9 Å². The molecule has 1 fully saturated rings. The Morgan fingerprint density at radius 2 is 2.10 bits per heavy atom. The van der Waals surface area contributed by atoms with Crippen LogP contribution in [0.15, 0.2) is 23.2 Å². The van der Waals surface area contributed by atoms with E-state index in [0.29, 0.717) is 19.8 Å². The van der Waals surface area contributed by atoms with Crippen LogP contribution in [-0.2, 0) is 16.0 Å². The number of benzene rings is 1. The molecule has 1 aliphatic heterocycles. The largest absolute Gasteiger partial charge is 0.493 e. The van der Waals surface area contributed by atoms with Gasteiger partial charge in [0.25, 0.3) is 0 Å². The third-order valence-electron chi connectivity index (χ3n) is 4.38. The first-order valence-corrected chi connectivity index (χ1v) is 10.3. The van der Waals surface area contributed by atoms with Gasteiger partial charge in [-0.2, -0.15) is 0 Å². The summed E-state index contributed by atoms with van der Waals surface area (Å²) in [5, 5.41) is 6.63. The fourth-order valence-corrected chi connectivity index (χ4v) is 2.97. The molecule has 1 heterocycles. The van der Waals surface area contributed by atoms with E-state index in [2.05, 4.69) is 22.5 Å². The number of hydrogen-bond donors (Lipinski definition) is 2. The first-order chi connectivity index (χ1) is 13.8. The van der Waals surface area contributed by atoms with Crippen LogP contribution >= 0.6 is 24.0 Å². The van der Waals surface area contributed by atoms with Gasteiger partial charge in [-0.15, -0.1) is 24.0 Å². The normalized spacial score (nSPS) is 16.2. The molecule has 1 atom stereocenters. The molecule has 1 aromatic carbocycles. The van der Waals surface area contributed by atoms with E-state index in [9.17, 15) is 0 Å². The van der Waals surface area contributed by atoms with E-state index in [1.54, 1.807) is 7.11 Å². The summed E-state index contributed by atoms with van der Waals surface area (Å²) in [5.74, 6) is 2.29. The molecule has 0 amide bonds. The minimum Gasteiger partial charge on any atom is -0.493 e. The summed E-state index contributed by atoms with van der Waals surface area (Å²) in [4.78, 5) is 4.66. The van der Waals surface area contributed by atoms with Gasteiger partial charge in [-0.3, -0.25) is 0 Å². The average molecular weight is 521 g/mol. The Morgan fingerprint density at radius 3 is 2.79 bits per heavy atom. The molecule has 1 saturated heterocycles. The quantitative estimate of drug-likeness (QED) is 0.190. The first kappa shape index (κ1) is 25.8. The van der Waals surface area contributed by atoms with Crippen LogP contribution in [0.2, 0.25) is 0 Å². The fraction of sp³-hybridized carbons (Fsp3) is 0.667. The minimum absolute atomic E-state index is 0. The zero-order valence-electron chi connectivity index (χ0n) is 17.9. The van der Waals surface area contributed by atoms with E-state index in [1.807, 2.05) is 25.1 Å². The maximum absolute atomic E-state index is 5.70. The van der Waals surface area contributed by atoms with Gasteiger partial charge in [0.05, 0.1) is 33.0 Å². The van der Waals surface area contributed by atoms with Crippen molar-refractivity contribution in [2.45, 2.75) is 45.8 Å². The van der Waals surface area contributed by atoms with Crippen LogP contribution in [-0.4, -0.2) is 58.7 Å². The van der Waals surface area contributed by atoms with Crippen LogP contribution in [0.1, 0.15) is 38.7 Å². The van der Waals surface area contributed by atoms with Gasteiger partial charge in [0, 0.05) is 26.3 Å². The Bertz CT molecular complexity index is 595. The van der Waals surface area contributed by atoms with E-state index in [1.165, 1.54) is 0 Å². The monoisotopic (exact) mass is 521 g/mol. The molecule has 0 spiro atoms. The summed E-state index contributed by atoms with van der Waals surface area (Å²) in [7, 11) is 1.65. The molecule has 0 bridgehead atoms. The number of hydrogen-bond acceptors (Lipinski definition) is 5. The maximum atomic E-state index is 5.70. The SMILES string of the molecule is CCNC(=NCc1ccc(OC)c(OCC)c1)NCCCOCC1CCCO1.I. The standard InChI is InChI=1S/C21H35N3O4.HI/c1-4-22-21(23-11-7-12-26-16-18-8-6-13-28-18)24-15-17-9-10-19(25-3)20(14-17)27-5-2;/h9-10,14,18H,4-8,11-13,15-16H2,1-3H3,(H2,22,23,24);1H. The van der Waals surface area contributed by atoms with Gasteiger partial charge < -0.3 is 29.6 Å². The molecule has 1 aromatic rings. The topological polar surface area (TPSA) is 73.3 Å². The van der Waals surface area contributed by atoms with Crippen LogP contribution in [0.25, 0.3) is 0 Å². The molecule has 0 radical (unpaired) electrons. The fourth-order valence-electron chi connectivity index (χ4n) is 2.97. The third-order valence-corrected chi connectivity index (χ3v) is 4.38. The third kappa shape index (κ3) is 9.86. The lowest BCUT2D eigenvalue weighted by atomic mass is 10.2. The Morgan fingerprint density at radius 1 is 1.24 bits per heavy atom. The Balaban J connectivity index is 0.00000420. The predicted octanol–water partition coefficient (Wildman–Crippen LogP) is 3.35. The van der Waals surface area contributed by atoms with Crippen molar-refractivity contribution in [1.82, 2.24) is 10.6 Å². The molecule has 0 saturated carbocycles. The first-order valence-electron chi connectivity index (χ1n) is 10.3. The molecule has 7 nitrogen and oxygen atoms in total. The number of methoxy groups -OCH3 is 1. The Labute approximate surface area is 191 Å². The van der Waals surface area contributed by atoms with E-state index in [-0.39, 0.29) is 30.1 Å². The number of ether oxygens (including phenoxy) is 4. The highest BCUT2D eigenvalue weighted by Gasteiger charge is 2.14. The van der Waals surface area contributed by atoms with E-state index in [4.69, 9.17) is 18.9 Å². The van der Waals surface area contributed by atoms with Crippen molar-refractivity contribution < 1.29 is 18.9 Å². The lowest BCUT2D eigenvalue weighted by Crippen LogP contribution is -2.38. The van der Waals surface area contributed by atoms with Crippen LogP contribution < -0.4 is 20.1 Å². The predicted molar refractivity (Wildman–Crippen MR) is 127 cm³/mol. The molecular formula is C21H36IN3O4. The molecule has 1 aliphatic rings. The maximum Gasteiger partial charge on any atom is 0.191 e. The Hall–Kier alpha value is -1.26. The summed E-state index contributed by atoms with van der Waals surface area (Å²) in [6.07, 6.45) is 3.48. The van der Waals surface area contributed by atoms with Crippen molar-refractivity contribution in [3.8, 4) is 11.5 Å². The molecule has 29 heavy (non-hydrogen) atoms. The highest BCUT2D eigenvalue weighted by Crippen LogP contribution is 2.28. The molecule has 0 aliphatic carbocycles.